The number of fused-ring (bicyclic) bond motifs is 2. The highest BCUT2D eigenvalue weighted by Crippen LogP contribution is 2.35. The molecule has 8 nitrogen and oxygen atoms in total. The average Bonchev–Trinajstić information content (AvgIpc) is 3.65. The molecule has 42 heavy (non-hydrogen) atoms. The SMILES string of the molecule is COc1ccc([C@@H](NC(=O)C(C)(Cc2c[nH]c3ccccc23)NC(=O)c2cc3ccccc3[nH]2)C2CCCCC2)nc1. The van der Waals surface area contributed by atoms with Gasteiger partial charge in [0.25, 0.3) is 5.91 Å². The number of rotatable bonds is 9. The van der Waals surface area contributed by atoms with Crippen molar-refractivity contribution in [2.24, 2.45) is 5.92 Å². The molecular formula is C34H37N5O3. The molecule has 216 valence electrons. The topological polar surface area (TPSA) is 112 Å². The van der Waals surface area contributed by atoms with E-state index in [1.54, 1.807) is 13.3 Å². The summed E-state index contributed by atoms with van der Waals surface area (Å²) >= 11 is 0. The number of carbonyl (C=O) groups is 2. The van der Waals surface area contributed by atoms with Gasteiger partial charge in [-0.05, 0) is 61.6 Å². The van der Waals surface area contributed by atoms with Crippen LogP contribution in [0.3, 0.4) is 0 Å². The van der Waals surface area contributed by atoms with E-state index in [4.69, 9.17) is 4.74 Å². The Morgan fingerprint density at radius 3 is 2.52 bits per heavy atom. The molecule has 0 bridgehead atoms. The fourth-order valence-electron chi connectivity index (χ4n) is 6.25. The number of pyridine rings is 1. The van der Waals surface area contributed by atoms with Crippen LogP contribution < -0.4 is 15.4 Å². The minimum absolute atomic E-state index is 0.245. The van der Waals surface area contributed by atoms with Crippen molar-refractivity contribution < 1.29 is 14.3 Å². The monoisotopic (exact) mass is 563 g/mol. The van der Waals surface area contributed by atoms with Crippen LogP contribution in [0.1, 0.15) is 66.8 Å². The third-order valence-electron chi connectivity index (χ3n) is 8.61. The summed E-state index contributed by atoms with van der Waals surface area (Å²) in [5.74, 6) is 0.346. The van der Waals surface area contributed by atoms with E-state index in [0.29, 0.717) is 17.9 Å². The number of benzene rings is 2. The Kier molecular flexibility index (Phi) is 7.69. The number of hydrogen-bond donors (Lipinski definition) is 4. The predicted octanol–water partition coefficient (Wildman–Crippen LogP) is 6.22. The molecule has 1 saturated carbocycles. The van der Waals surface area contributed by atoms with Crippen LogP contribution in [0.4, 0.5) is 0 Å². The van der Waals surface area contributed by atoms with Crippen LogP contribution in [0.25, 0.3) is 21.8 Å². The normalized spacial score (nSPS) is 16.1. The smallest absolute Gasteiger partial charge is 0.268 e. The summed E-state index contributed by atoms with van der Waals surface area (Å²) in [5, 5.41) is 8.43. The van der Waals surface area contributed by atoms with E-state index in [9.17, 15) is 9.59 Å². The van der Waals surface area contributed by atoms with Crippen LogP contribution in [0.2, 0.25) is 0 Å². The molecule has 1 fully saturated rings. The highest BCUT2D eigenvalue weighted by molar-refractivity contribution is 6.01. The van der Waals surface area contributed by atoms with Gasteiger partial charge in [0.15, 0.2) is 0 Å². The molecule has 6 rings (SSSR count). The Hall–Kier alpha value is -4.59. The van der Waals surface area contributed by atoms with Crippen molar-refractivity contribution in [3.8, 4) is 5.75 Å². The molecule has 1 aliphatic rings. The molecule has 3 aromatic heterocycles. The summed E-state index contributed by atoms with van der Waals surface area (Å²) in [5.41, 5.74) is 2.77. The van der Waals surface area contributed by atoms with Gasteiger partial charge in [-0.25, -0.2) is 0 Å². The fraction of sp³-hybridized carbons (Fsp3) is 0.324. The highest BCUT2D eigenvalue weighted by Gasteiger charge is 2.39. The molecule has 2 amide bonds. The van der Waals surface area contributed by atoms with E-state index in [-0.39, 0.29) is 23.8 Å². The predicted molar refractivity (Wildman–Crippen MR) is 164 cm³/mol. The minimum Gasteiger partial charge on any atom is -0.495 e. The van der Waals surface area contributed by atoms with E-state index >= 15 is 0 Å². The van der Waals surface area contributed by atoms with Crippen LogP contribution in [0.5, 0.6) is 5.75 Å². The van der Waals surface area contributed by atoms with Gasteiger partial charge in [0.05, 0.1) is 25.0 Å². The van der Waals surface area contributed by atoms with E-state index in [2.05, 4.69) is 25.6 Å². The number of aromatic nitrogens is 3. The standard InChI is InChI=1S/C34H37N5O3/c1-34(19-24-20-35-28-15-9-7-13-26(24)28,39-32(40)30-18-23-12-6-8-14-27(23)37-30)33(41)38-31(22-10-4-3-5-11-22)29-17-16-25(42-2)21-36-29/h6-9,12-18,20-22,31,35,37H,3-5,10-11,19H2,1-2H3,(H,38,41)(H,39,40)/t31-,34?/m0/s1. The van der Waals surface area contributed by atoms with Crippen LogP contribution >= 0.6 is 0 Å². The second kappa shape index (κ2) is 11.7. The van der Waals surface area contributed by atoms with Crippen molar-refractivity contribution in [2.75, 3.05) is 7.11 Å². The number of para-hydroxylation sites is 2. The van der Waals surface area contributed by atoms with Gasteiger partial charge in [0.2, 0.25) is 5.91 Å². The molecule has 0 spiro atoms. The number of amides is 2. The van der Waals surface area contributed by atoms with Crippen molar-refractivity contribution in [2.45, 2.75) is 57.0 Å². The molecule has 4 N–H and O–H groups in total. The molecule has 2 aromatic carbocycles. The zero-order chi connectivity index (χ0) is 29.1. The quantitative estimate of drug-likeness (QED) is 0.171. The first kappa shape index (κ1) is 27.6. The molecule has 1 unspecified atom stereocenters. The first-order chi connectivity index (χ1) is 20.4. The number of hydrogen-bond acceptors (Lipinski definition) is 4. The lowest BCUT2D eigenvalue weighted by Gasteiger charge is -2.35. The average molecular weight is 564 g/mol. The Morgan fingerprint density at radius 2 is 1.79 bits per heavy atom. The zero-order valence-electron chi connectivity index (χ0n) is 24.1. The van der Waals surface area contributed by atoms with Gasteiger partial charge < -0.3 is 25.3 Å². The zero-order valence-corrected chi connectivity index (χ0v) is 24.1. The van der Waals surface area contributed by atoms with E-state index in [1.165, 1.54) is 6.42 Å². The number of carbonyl (C=O) groups excluding carboxylic acids is 2. The summed E-state index contributed by atoms with van der Waals surface area (Å²) in [6.45, 7) is 1.81. The number of nitrogens with zero attached hydrogens (tertiary/aromatic N) is 1. The van der Waals surface area contributed by atoms with Crippen molar-refractivity contribution in [3.63, 3.8) is 0 Å². The van der Waals surface area contributed by atoms with Gasteiger partial charge in [-0.3, -0.25) is 14.6 Å². The maximum Gasteiger partial charge on any atom is 0.268 e. The molecule has 0 radical (unpaired) electrons. The second-order valence-electron chi connectivity index (χ2n) is 11.6. The van der Waals surface area contributed by atoms with Crippen molar-refractivity contribution in [3.05, 3.63) is 96.1 Å². The summed E-state index contributed by atoms with van der Waals surface area (Å²) < 4.78 is 5.33. The molecule has 3 heterocycles. The molecule has 1 aliphatic carbocycles. The van der Waals surface area contributed by atoms with E-state index in [0.717, 1.165) is 58.7 Å². The molecule has 0 saturated heterocycles. The highest BCUT2D eigenvalue weighted by atomic mass is 16.5. The van der Waals surface area contributed by atoms with Gasteiger partial charge in [0, 0.05) is 34.4 Å². The third-order valence-corrected chi connectivity index (χ3v) is 8.61. The molecule has 8 heteroatoms. The first-order valence-corrected chi connectivity index (χ1v) is 14.7. The summed E-state index contributed by atoms with van der Waals surface area (Å²) in [4.78, 5) is 39.3. The second-order valence-corrected chi connectivity index (χ2v) is 11.6. The van der Waals surface area contributed by atoms with Crippen LogP contribution in [0, 0.1) is 5.92 Å². The maximum absolute atomic E-state index is 14.4. The number of methoxy groups -OCH3 is 1. The maximum atomic E-state index is 14.4. The third kappa shape index (κ3) is 5.62. The molecular weight excluding hydrogens is 526 g/mol. The lowest BCUT2D eigenvalue weighted by atomic mass is 9.81. The van der Waals surface area contributed by atoms with Gasteiger partial charge in [0.1, 0.15) is 17.0 Å². The van der Waals surface area contributed by atoms with Crippen LogP contribution in [-0.2, 0) is 11.2 Å². The van der Waals surface area contributed by atoms with Crippen LogP contribution in [0.15, 0.2) is 79.1 Å². The largest absolute Gasteiger partial charge is 0.495 e. The lowest BCUT2D eigenvalue weighted by molar-refractivity contribution is -0.128. The van der Waals surface area contributed by atoms with Gasteiger partial charge in [-0.15, -0.1) is 0 Å². The van der Waals surface area contributed by atoms with Gasteiger partial charge >= 0.3 is 0 Å². The van der Waals surface area contributed by atoms with Crippen molar-refractivity contribution in [1.29, 1.82) is 0 Å². The van der Waals surface area contributed by atoms with Gasteiger partial charge in [-0.2, -0.15) is 0 Å². The van der Waals surface area contributed by atoms with E-state index < -0.39 is 5.54 Å². The van der Waals surface area contributed by atoms with Gasteiger partial charge in [-0.1, -0.05) is 55.7 Å². The van der Waals surface area contributed by atoms with Crippen LogP contribution in [-0.4, -0.2) is 39.4 Å². The van der Waals surface area contributed by atoms with Crippen molar-refractivity contribution >= 4 is 33.6 Å². The number of H-pyrrole nitrogens is 2. The Balaban J connectivity index is 1.34. The minimum atomic E-state index is -1.25. The lowest BCUT2D eigenvalue weighted by Crippen LogP contribution is -2.59. The van der Waals surface area contributed by atoms with E-state index in [1.807, 2.05) is 79.9 Å². The molecule has 5 aromatic rings. The molecule has 2 atom stereocenters. The summed E-state index contributed by atoms with van der Waals surface area (Å²) in [7, 11) is 1.61. The Labute approximate surface area is 245 Å². The summed E-state index contributed by atoms with van der Waals surface area (Å²) in [6, 6.07) is 21.1. The first-order valence-electron chi connectivity index (χ1n) is 14.7. The Morgan fingerprint density at radius 1 is 1.02 bits per heavy atom. The number of aromatic amines is 2. The number of nitrogens with one attached hydrogen (secondary N) is 4. The van der Waals surface area contributed by atoms with Crippen molar-refractivity contribution in [1.82, 2.24) is 25.6 Å². The number of ether oxygens (including phenoxy) is 1. The fourth-order valence-corrected chi connectivity index (χ4v) is 6.25. The Bertz CT molecular complexity index is 1670. The summed E-state index contributed by atoms with van der Waals surface area (Å²) in [6.07, 6.45) is 9.40. The molecule has 0 aliphatic heterocycles.